The molecule has 1 amide bonds. The van der Waals surface area contributed by atoms with Crippen LogP contribution in [0.25, 0.3) is 0 Å². The molecular weight excluding hydrogens is 501 g/mol. The maximum Gasteiger partial charge on any atom is 0.416 e. The topological polar surface area (TPSA) is 91.4 Å². The van der Waals surface area contributed by atoms with Crippen molar-refractivity contribution in [2.24, 2.45) is 26.6 Å². The second kappa shape index (κ2) is 9.28. The molecule has 0 radical (unpaired) electrons. The van der Waals surface area contributed by atoms with Crippen molar-refractivity contribution >= 4 is 27.7 Å². The Morgan fingerprint density at radius 1 is 1.18 bits per heavy atom. The molecule has 1 N–H and O–H groups in total. The number of aromatic nitrogens is 1. The van der Waals surface area contributed by atoms with Crippen LogP contribution >= 0.6 is 15.9 Å². The molecule has 1 unspecified atom stereocenters. The highest BCUT2D eigenvalue weighted by atomic mass is 79.9. The lowest BCUT2D eigenvalue weighted by Crippen LogP contribution is -2.23. The van der Waals surface area contributed by atoms with Crippen LogP contribution in [-0.4, -0.2) is 10.9 Å². The van der Waals surface area contributed by atoms with Gasteiger partial charge in [-0.25, -0.2) is 4.98 Å². The van der Waals surface area contributed by atoms with E-state index in [1.807, 2.05) is 0 Å². The van der Waals surface area contributed by atoms with Crippen molar-refractivity contribution in [2.45, 2.75) is 56.8 Å². The number of hydrogen-bond acceptors (Lipinski definition) is 6. The normalized spacial score (nSPS) is 18.6. The van der Waals surface area contributed by atoms with Crippen LogP contribution in [0.1, 0.15) is 61.6 Å². The molecular formula is C22H22BrF3N6O. The van der Waals surface area contributed by atoms with Crippen LogP contribution in [0.2, 0.25) is 0 Å². The first-order chi connectivity index (χ1) is 15.7. The van der Waals surface area contributed by atoms with Crippen LogP contribution in [0.15, 0.2) is 61.7 Å². The van der Waals surface area contributed by atoms with E-state index in [1.54, 1.807) is 24.4 Å². The van der Waals surface area contributed by atoms with Gasteiger partial charge in [-0.15, -0.1) is 10.2 Å². The van der Waals surface area contributed by atoms with Crippen LogP contribution < -0.4 is 5.32 Å². The van der Waals surface area contributed by atoms with Gasteiger partial charge in [0.05, 0.1) is 5.56 Å². The summed E-state index contributed by atoms with van der Waals surface area (Å²) in [5.74, 6) is -0.117. The predicted molar refractivity (Wildman–Crippen MR) is 118 cm³/mol. The Morgan fingerprint density at radius 2 is 1.88 bits per heavy atom. The largest absolute Gasteiger partial charge is 0.416 e. The van der Waals surface area contributed by atoms with Crippen LogP contribution in [0.3, 0.4) is 0 Å². The first-order valence-electron chi connectivity index (χ1n) is 10.6. The van der Waals surface area contributed by atoms with Crippen molar-refractivity contribution in [3.05, 3.63) is 57.7 Å². The number of alkyl halides is 3. The number of amides is 1. The Labute approximate surface area is 197 Å². The number of halogens is 4. The minimum absolute atomic E-state index is 0.0652. The fourth-order valence-corrected chi connectivity index (χ4v) is 4.78. The molecule has 2 aromatic rings. The molecule has 1 aliphatic heterocycles. The second-order valence-corrected chi connectivity index (χ2v) is 9.38. The van der Waals surface area contributed by atoms with Gasteiger partial charge in [0, 0.05) is 22.7 Å². The lowest BCUT2D eigenvalue weighted by Gasteiger charge is -2.26. The standard InChI is InChI=1S/C22H22BrF3N6O/c1-21(29-31-32-30-21)17-8-6-14(10-18(17)22(24,25)26)16(13-4-2-3-5-13)11-20(33)28-19-9-7-15(23)12-27-19/h6-10,12-13,16H,2-5,11H2,1H3,(H,27,28,33). The fourth-order valence-electron chi connectivity index (χ4n) is 4.54. The van der Waals surface area contributed by atoms with Crippen LogP contribution in [0.4, 0.5) is 19.0 Å². The number of hydrogen-bond donors (Lipinski definition) is 1. The summed E-state index contributed by atoms with van der Waals surface area (Å²) in [6.07, 6.45) is 0.758. The quantitative estimate of drug-likeness (QED) is 0.435. The number of benzene rings is 1. The van der Waals surface area contributed by atoms with Gasteiger partial charge in [0.1, 0.15) is 5.82 Å². The summed E-state index contributed by atoms with van der Waals surface area (Å²) in [5, 5.41) is 17.1. The van der Waals surface area contributed by atoms with Crippen molar-refractivity contribution in [3.63, 3.8) is 0 Å². The average molecular weight is 523 g/mol. The Hall–Kier alpha value is -2.69. The van der Waals surface area contributed by atoms with Crippen molar-refractivity contribution in [1.82, 2.24) is 4.98 Å². The van der Waals surface area contributed by atoms with E-state index >= 15 is 0 Å². The molecule has 11 heteroatoms. The van der Waals surface area contributed by atoms with Gasteiger partial charge in [-0.2, -0.15) is 13.2 Å². The van der Waals surface area contributed by atoms with Crippen molar-refractivity contribution in [1.29, 1.82) is 0 Å². The van der Waals surface area contributed by atoms with Gasteiger partial charge in [-0.3, -0.25) is 4.79 Å². The molecule has 0 saturated heterocycles. The van der Waals surface area contributed by atoms with E-state index in [2.05, 4.69) is 46.9 Å². The predicted octanol–water partition coefficient (Wildman–Crippen LogP) is 7.17. The Balaban J connectivity index is 1.65. The highest BCUT2D eigenvalue weighted by Gasteiger charge is 2.42. The fraction of sp³-hybridized carbons (Fsp3) is 0.455. The van der Waals surface area contributed by atoms with Gasteiger partial charge in [-0.05, 0) is 81.7 Å². The molecule has 2 aliphatic rings. The van der Waals surface area contributed by atoms with Crippen molar-refractivity contribution in [2.75, 3.05) is 5.32 Å². The first kappa shape index (κ1) is 23.5. The summed E-state index contributed by atoms with van der Waals surface area (Å²) >= 11 is 3.29. The molecule has 1 atom stereocenters. The van der Waals surface area contributed by atoms with E-state index in [1.165, 1.54) is 13.0 Å². The highest BCUT2D eigenvalue weighted by Crippen LogP contribution is 2.45. The Bertz CT molecular complexity index is 1070. The number of carbonyl (C=O) groups is 1. The van der Waals surface area contributed by atoms with Crippen molar-refractivity contribution < 1.29 is 18.0 Å². The van der Waals surface area contributed by atoms with E-state index in [-0.39, 0.29) is 29.7 Å². The molecule has 174 valence electrons. The van der Waals surface area contributed by atoms with E-state index in [4.69, 9.17) is 0 Å². The van der Waals surface area contributed by atoms with E-state index in [0.717, 1.165) is 36.2 Å². The number of anilines is 1. The zero-order valence-electron chi connectivity index (χ0n) is 17.8. The summed E-state index contributed by atoms with van der Waals surface area (Å²) in [6.45, 7) is 1.43. The number of carbonyl (C=O) groups excluding carboxylic acids is 1. The molecule has 2 heterocycles. The third kappa shape index (κ3) is 5.29. The minimum atomic E-state index is -4.62. The summed E-state index contributed by atoms with van der Waals surface area (Å²) in [7, 11) is 0. The minimum Gasteiger partial charge on any atom is -0.311 e. The number of pyridine rings is 1. The van der Waals surface area contributed by atoms with Gasteiger partial charge in [0.25, 0.3) is 0 Å². The Morgan fingerprint density at radius 3 is 2.48 bits per heavy atom. The van der Waals surface area contributed by atoms with E-state index in [9.17, 15) is 18.0 Å². The zero-order valence-corrected chi connectivity index (χ0v) is 19.4. The molecule has 4 rings (SSSR count). The third-order valence-electron chi connectivity index (χ3n) is 6.18. The highest BCUT2D eigenvalue weighted by molar-refractivity contribution is 9.10. The molecule has 1 aromatic heterocycles. The smallest absolute Gasteiger partial charge is 0.311 e. The Kier molecular flexibility index (Phi) is 6.60. The van der Waals surface area contributed by atoms with Gasteiger partial charge in [-0.1, -0.05) is 25.0 Å². The van der Waals surface area contributed by atoms with Gasteiger partial charge in [0.2, 0.25) is 11.6 Å². The summed E-state index contributed by atoms with van der Waals surface area (Å²) in [5.41, 5.74) is -1.98. The monoisotopic (exact) mass is 522 g/mol. The van der Waals surface area contributed by atoms with Crippen LogP contribution in [-0.2, 0) is 16.6 Å². The molecule has 7 nitrogen and oxygen atoms in total. The molecule has 1 aromatic carbocycles. The number of nitrogens with one attached hydrogen (secondary N) is 1. The van der Waals surface area contributed by atoms with Gasteiger partial charge >= 0.3 is 6.18 Å². The third-order valence-corrected chi connectivity index (χ3v) is 6.64. The molecule has 0 spiro atoms. The van der Waals surface area contributed by atoms with Crippen LogP contribution in [0, 0.1) is 5.92 Å². The SMILES string of the molecule is CC1(c2ccc(C(CC(=O)Nc3ccc(Br)cn3)C3CCCC3)cc2C(F)(F)F)N=NN=N1. The summed E-state index contributed by atoms with van der Waals surface area (Å²) in [4.78, 5) is 16.9. The lowest BCUT2D eigenvalue weighted by atomic mass is 9.80. The van der Waals surface area contributed by atoms with Crippen LogP contribution in [0.5, 0.6) is 0 Å². The molecule has 1 fully saturated rings. The molecule has 33 heavy (non-hydrogen) atoms. The maximum absolute atomic E-state index is 14.0. The number of rotatable bonds is 6. The summed E-state index contributed by atoms with van der Waals surface area (Å²) in [6, 6.07) is 7.58. The molecule has 1 saturated carbocycles. The lowest BCUT2D eigenvalue weighted by molar-refractivity contribution is -0.138. The first-order valence-corrected chi connectivity index (χ1v) is 11.4. The summed E-state index contributed by atoms with van der Waals surface area (Å²) < 4.78 is 42.9. The maximum atomic E-state index is 14.0. The molecule has 1 aliphatic carbocycles. The van der Waals surface area contributed by atoms with E-state index in [0.29, 0.717) is 11.4 Å². The van der Waals surface area contributed by atoms with Gasteiger partial charge < -0.3 is 5.32 Å². The second-order valence-electron chi connectivity index (χ2n) is 8.47. The average Bonchev–Trinajstić information content (AvgIpc) is 3.45. The van der Waals surface area contributed by atoms with Crippen molar-refractivity contribution in [3.8, 4) is 0 Å². The zero-order chi connectivity index (χ0) is 23.6. The van der Waals surface area contributed by atoms with Gasteiger partial charge in [0.15, 0.2) is 0 Å². The number of nitrogens with zero attached hydrogens (tertiary/aromatic N) is 5. The van der Waals surface area contributed by atoms with E-state index < -0.39 is 17.4 Å². The molecule has 0 bridgehead atoms.